The van der Waals surface area contributed by atoms with Gasteiger partial charge in [0.25, 0.3) is 5.56 Å². The first-order valence-electron chi connectivity index (χ1n) is 6.24. The van der Waals surface area contributed by atoms with Gasteiger partial charge in [0, 0.05) is 13.0 Å². The van der Waals surface area contributed by atoms with E-state index < -0.39 is 45.9 Å². The highest BCUT2D eigenvalue weighted by molar-refractivity contribution is 7.87. The number of halogens is 1. The number of H-pyrrole nitrogens is 1. The quantitative estimate of drug-likeness (QED) is 0.573. The Labute approximate surface area is 124 Å². The number of hydrogen-bond acceptors (Lipinski definition) is 7. The van der Waals surface area contributed by atoms with Gasteiger partial charge in [-0.15, -0.1) is 3.89 Å². The number of amides is 1. The standard InChI is InChI=1S/C11H12FN3O6S/c1-2-21-10(18)7-4-13-11(14-9(7)17)15-5-6(3-8(15)16)22(12,19)20/h4,6H,2-3,5H2,1H3,(H,13,14,17). The molecular weight excluding hydrogens is 321 g/mol. The number of carbonyl (C=O) groups is 2. The van der Waals surface area contributed by atoms with Gasteiger partial charge >= 0.3 is 16.2 Å². The van der Waals surface area contributed by atoms with Gasteiger partial charge in [-0.1, -0.05) is 0 Å². The molecule has 2 rings (SSSR count). The average Bonchev–Trinajstić information content (AvgIpc) is 2.81. The lowest BCUT2D eigenvalue weighted by atomic mass is 10.3. The van der Waals surface area contributed by atoms with Crippen LogP contribution in [0.1, 0.15) is 23.7 Å². The van der Waals surface area contributed by atoms with Crippen molar-refractivity contribution in [2.75, 3.05) is 18.1 Å². The first kappa shape index (κ1) is 16.1. The summed E-state index contributed by atoms with van der Waals surface area (Å²) >= 11 is 0. The maximum Gasteiger partial charge on any atom is 0.345 e. The molecule has 1 aromatic rings. The summed E-state index contributed by atoms with van der Waals surface area (Å²) in [4.78, 5) is 41.7. The largest absolute Gasteiger partial charge is 0.462 e. The van der Waals surface area contributed by atoms with Gasteiger partial charge in [-0.25, -0.2) is 9.78 Å². The molecule has 0 spiro atoms. The fraction of sp³-hybridized carbons (Fsp3) is 0.455. The average molecular weight is 333 g/mol. The number of hydrogen-bond donors (Lipinski definition) is 1. The van der Waals surface area contributed by atoms with Gasteiger partial charge in [0.1, 0.15) is 10.8 Å². The third kappa shape index (κ3) is 3.13. The summed E-state index contributed by atoms with van der Waals surface area (Å²) < 4.78 is 39.3. The van der Waals surface area contributed by atoms with E-state index in [2.05, 4.69) is 14.7 Å². The van der Waals surface area contributed by atoms with Gasteiger partial charge < -0.3 is 4.74 Å². The molecule has 1 unspecified atom stereocenters. The molecule has 1 aliphatic rings. The van der Waals surface area contributed by atoms with E-state index >= 15 is 0 Å². The second-order valence-corrected chi connectivity index (χ2v) is 6.09. The normalized spacial score (nSPS) is 18.5. The van der Waals surface area contributed by atoms with Crippen molar-refractivity contribution in [2.24, 2.45) is 0 Å². The van der Waals surface area contributed by atoms with Crippen LogP contribution in [0.3, 0.4) is 0 Å². The van der Waals surface area contributed by atoms with Crippen LogP contribution in [-0.2, 0) is 19.8 Å². The van der Waals surface area contributed by atoms with Crippen molar-refractivity contribution in [1.82, 2.24) is 9.97 Å². The zero-order valence-electron chi connectivity index (χ0n) is 11.4. The SMILES string of the molecule is CCOC(=O)c1cnc(N2CC(S(=O)(=O)F)CC2=O)[nH]c1=O. The Balaban J connectivity index is 2.28. The van der Waals surface area contributed by atoms with E-state index in [9.17, 15) is 26.7 Å². The van der Waals surface area contributed by atoms with Crippen LogP contribution in [0.4, 0.5) is 9.83 Å². The summed E-state index contributed by atoms with van der Waals surface area (Å²) in [5.74, 6) is -1.83. The monoisotopic (exact) mass is 333 g/mol. The van der Waals surface area contributed by atoms with E-state index in [4.69, 9.17) is 0 Å². The third-order valence-corrected chi connectivity index (χ3v) is 4.14. The second kappa shape index (κ2) is 5.83. The van der Waals surface area contributed by atoms with Crippen LogP contribution in [0.25, 0.3) is 0 Å². The molecule has 0 aliphatic carbocycles. The molecular formula is C11H12FN3O6S. The predicted molar refractivity (Wildman–Crippen MR) is 71.6 cm³/mol. The molecule has 1 amide bonds. The van der Waals surface area contributed by atoms with Gasteiger partial charge in [-0.2, -0.15) is 8.42 Å². The molecule has 1 aliphatic heterocycles. The summed E-state index contributed by atoms with van der Waals surface area (Å²) in [6, 6.07) is 0. The summed E-state index contributed by atoms with van der Waals surface area (Å²) in [6.07, 6.45) is 0.374. The van der Waals surface area contributed by atoms with Crippen LogP contribution in [0, 0.1) is 0 Å². The number of aromatic amines is 1. The van der Waals surface area contributed by atoms with Crippen molar-refractivity contribution < 1.29 is 26.6 Å². The molecule has 0 bridgehead atoms. The van der Waals surface area contributed by atoms with E-state index in [1.807, 2.05) is 0 Å². The Kier molecular flexibility index (Phi) is 4.26. The zero-order valence-corrected chi connectivity index (χ0v) is 12.2. The highest BCUT2D eigenvalue weighted by Crippen LogP contribution is 2.22. The minimum Gasteiger partial charge on any atom is -0.462 e. The van der Waals surface area contributed by atoms with Crippen LogP contribution in [0.5, 0.6) is 0 Å². The number of ether oxygens (including phenoxy) is 1. The van der Waals surface area contributed by atoms with Crippen LogP contribution >= 0.6 is 0 Å². The Hall–Kier alpha value is -2.30. The van der Waals surface area contributed by atoms with Crippen LogP contribution in [0.2, 0.25) is 0 Å². The highest BCUT2D eigenvalue weighted by Gasteiger charge is 2.40. The van der Waals surface area contributed by atoms with Gasteiger partial charge in [0.2, 0.25) is 11.9 Å². The lowest BCUT2D eigenvalue weighted by Gasteiger charge is -2.14. The van der Waals surface area contributed by atoms with E-state index in [1.54, 1.807) is 6.92 Å². The number of esters is 1. The molecule has 0 saturated carbocycles. The Morgan fingerprint density at radius 2 is 2.23 bits per heavy atom. The summed E-state index contributed by atoms with van der Waals surface area (Å²) in [7, 11) is -4.87. The number of anilines is 1. The first-order chi connectivity index (χ1) is 10.2. The predicted octanol–water partition coefficient (Wildman–Crippen LogP) is -0.649. The topological polar surface area (TPSA) is 126 Å². The fourth-order valence-corrected chi connectivity index (χ4v) is 2.61. The molecule has 1 saturated heterocycles. The van der Waals surface area contributed by atoms with E-state index in [0.717, 1.165) is 11.1 Å². The van der Waals surface area contributed by atoms with Crippen LogP contribution in [-0.4, -0.2) is 48.7 Å². The van der Waals surface area contributed by atoms with Crippen molar-refractivity contribution >= 4 is 28.0 Å². The van der Waals surface area contributed by atoms with Crippen LogP contribution in [0.15, 0.2) is 11.0 Å². The summed E-state index contributed by atoms with van der Waals surface area (Å²) in [6.45, 7) is 1.17. The highest BCUT2D eigenvalue weighted by atomic mass is 32.3. The number of nitrogens with zero attached hydrogens (tertiary/aromatic N) is 2. The van der Waals surface area contributed by atoms with Gasteiger partial charge in [0.05, 0.1) is 12.8 Å². The van der Waals surface area contributed by atoms with Gasteiger partial charge in [-0.3, -0.25) is 19.5 Å². The molecule has 1 fully saturated rings. The Bertz CT molecular complexity index is 774. The lowest BCUT2D eigenvalue weighted by molar-refractivity contribution is -0.117. The van der Waals surface area contributed by atoms with Crippen LogP contribution < -0.4 is 10.5 Å². The molecule has 2 heterocycles. The molecule has 1 N–H and O–H groups in total. The molecule has 11 heteroatoms. The molecule has 0 aromatic carbocycles. The summed E-state index contributed by atoms with van der Waals surface area (Å²) in [5, 5.41) is -1.50. The zero-order chi connectivity index (χ0) is 16.5. The van der Waals surface area contributed by atoms with Crippen molar-refractivity contribution in [1.29, 1.82) is 0 Å². The van der Waals surface area contributed by atoms with E-state index in [1.165, 1.54) is 0 Å². The first-order valence-corrected chi connectivity index (χ1v) is 7.69. The van der Waals surface area contributed by atoms with Crippen molar-refractivity contribution in [2.45, 2.75) is 18.6 Å². The van der Waals surface area contributed by atoms with E-state index in [0.29, 0.717) is 0 Å². The molecule has 1 aromatic heterocycles. The maximum atomic E-state index is 12.9. The number of rotatable bonds is 4. The maximum absolute atomic E-state index is 12.9. The molecule has 9 nitrogen and oxygen atoms in total. The fourth-order valence-electron chi connectivity index (χ4n) is 1.95. The van der Waals surface area contributed by atoms with Crippen molar-refractivity contribution in [3.05, 3.63) is 22.1 Å². The van der Waals surface area contributed by atoms with Gasteiger partial charge in [0.15, 0.2) is 0 Å². The Morgan fingerprint density at radius 3 is 2.73 bits per heavy atom. The van der Waals surface area contributed by atoms with E-state index in [-0.39, 0.29) is 18.1 Å². The molecule has 1 atom stereocenters. The van der Waals surface area contributed by atoms with Gasteiger partial charge in [-0.05, 0) is 6.92 Å². The number of nitrogens with one attached hydrogen (secondary N) is 1. The van der Waals surface area contributed by atoms with Crippen molar-refractivity contribution in [3.63, 3.8) is 0 Å². The third-order valence-electron chi connectivity index (χ3n) is 3.02. The summed E-state index contributed by atoms with van der Waals surface area (Å²) in [5.41, 5.74) is -1.20. The molecule has 22 heavy (non-hydrogen) atoms. The van der Waals surface area contributed by atoms with Crippen molar-refractivity contribution in [3.8, 4) is 0 Å². The lowest BCUT2D eigenvalue weighted by Crippen LogP contribution is -2.31. The molecule has 120 valence electrons. The minimum atomic E-state index is -4.87. The second-order valence-electron chi connectivity index (χ2n) is 4.48. The Morgan fingerprint density at radius 1 is 1.55 bits per heavy atom. The minimum absolute atomic E-state index is 0.0701. The number of aromatic nitrogens is 2. The molecule has 0 radical (unpaired) electrons. The number of carbonyl (C=O) groups excluding carboxylic acids is 2. The smallest absolute Gasteiger partial charge is 0.345 e.